The largest absolute Gasteiger partial charge is 0.462 e. The van der Waals surface area contributed by atoms with Crippen molar-refractivity contribution in [2.24, 2.45) is 0 Å². The minimum atomic E-state index is -2.16. The molecule has 5 heteroatoms. The van der Waals surface area contributed by atoms with Crippen LogP contribution in [0.15, 0.2) is 12.2 Å². The summed E-state index contributed by atoms with van der Waals surface area (Å²) in [6, 6.07) is 1.81. The van der Waals surface area contributed by atoms with Crippen molar-refractivity contribution in [3.05, 3.63) is 12.2 Å². The molecule has 4 nitrogen and oxygen atoms in total. The Balaban J connectivity index is 4.35. The second-order valence-electron chi connectivity index (χ2n) is 5.69. The molecule has 0 aliphatic heterocycles. The Bertz CT molecular complexity index is 308. The van der Waals surface area contributed by atoms with Gasteiger partial charge in [-0.2, -0.15) is 0 Å². The summed E-state index contributed by atoms with van der Waals surface area (Å²) < 4.78 is 17.5. The van der Waals surface area contributed by atoms with Crippen LogP contribution >= 0.6 is 0 Å². The lowest BCUT2D eigenvalue weighted by Gasteiger charge is -2.30. The molecule has 0 saturated carbocycles. The van der Waals surface area contributed by atoms with Gasteiger partial charge in [-0.25, -0.2) is 4.79 Å². The first-order valence-electron chi connectivity index (χ1n) is 8.61. The third-order valence-electron chi connectivity index (χ3n) is 3.55. The van der Waals surface area contributed by atoms with Crippen molar-refractivity contribution in [3.8, 4) is 0 Å². The number of esters is 1. The maximum absolute atomic E-state index is 11.4. The second kappa shape index (κ2) is 12.8. The Morgan fingerprint density at radius 1 is 0.955 bits per heavy atom. The molecule has 0 spiro atoms. The zero-order valence-electron chi connectivity index (χ0n) is 14.9. The summed E-state index contributed by atoms with van der Waals surface area (Å²) in [5.74, 6) is -0.317. The first kappa shape index (κ1) is 21.3. The number of carbonyl (C=O) groups excluding carboxylic acids is 1. The third-order valence-corrected chi connectivity index (χ3v) is 7.20. The molecule has 0 amide bonds. The maximum atomic E-state index is 11.4. The summed E-state index contributed by atoms with van der Waals surface area (Å²) in [5, 5.41) is 0. The molecule has 0 aromatic heterocycles. The maximum Gasteiger partial charge on any atom is 0.337 e. The Labute approximate surface area is 137 Å². The molecule has 0 N–H and O–H groups in total. The highest BCUT2D eigenvalue weighted by Crippen LogP contribution is 2.22. The van der Waals surface area contributed by atoms with Crippen LogP contribution in [0.1, 0.15) is 59.8 Å². The van der Waals surface area contributed by atoms with Crippen molar-refractivity contribution < 1.29 is 18.4 Å². The van der Waals surface area contributed by atoms with Crippen LogP contribution in [0, 0.1) is 0 Å². The summed E-state index contributed by atoms with van der Waals surface area (Å²) in [4.78, 5) is 11.4. The second-order valence-corrected chi connectivity index (χ2v) is 9.29. The van der Waals surface area contributed by atoms with Crippen molar-refractivity contribution >= 4 is 14.5 Å². The number of rotatable bonds is 14. The number of ether oxygens (including phenoxy) is 1. The standard InChI is InChI=1S/C17H34O4Si/c1-6-9-13-20-22(8-3,21-14-10-7-2)15-11-12-19-17(18)16(4)5/h4,6-15H2,1-3,5H3. The number of hydrogen-bond acceptors (Lipinski definition) is 4. The molecule has 0 saturated heterocycles. The highest BCUT2D eigenvalue weighted by Gasteiger charge is 2.35. The minimum Gasteiger partial charge on any atom is -0.462 e. The molecule has 0 aromatic carbocycles. The third kappa shape index (κ3) is 9.38. The lowest BCUT2D eigenvalue weighted by Crippen LogP contribution is -2.42. The zero-order chi connectivity index (χ0) is 16.8. The Morgan fingerprint density at radius 3 is 1.91 bits per heavy atom. The van der Waals surface area contributed by atoms with E-state index in [-0.39, 0.29) is 5.97 Å². The van der Waals surface area contributed by atoms with Gasteiger partial charge in [0, 0.05) is 18.8 Å². The van der Waals surface area contributed by atoms with E-state index in [0.717, 1.165) is 57.4 Å². The van der Waals surface area contributed by atoms with Gasteiger partial charge in [-0.15, -0.1) is 0 Å². The van der Waals surface area contributed by atoms with Crippen LogP contribution in [-0.4, -0.2) is 34.4 Å². The fraction of sp³-hybridized carbons (Fsp3) is 0.824. The van der Waals surface area contributed by atoms with Gasteiger partial charge in [-0.1, -0.05) is 40.2 Å². The van der Waals surface area contributed by atoms with Gasteiger partial charge in [-0.05, 0) is 38.3 Å². The van der Waals surface area contributed by atoms with Crippen molar-refractivity contribution in [1.82, 2.24) is 0 Å². The van der Waals surface area contributed by atoms with Gasteiger partial charge in [-0.3, -0.25) is 0 Å². The van der Waals surface area contributed by atoms with Gasteiger partial charge in [0.15, 0.2) is 0 Å². The molecular formula is C17H34O4Si. The molecule has 0 unspecified atom stereocenters. The molecule has 0 fully saturated rings. The van der Waals surface area contributed by atoms with Gasteiger partial charge in [0.1, 0.15) is 0 Å². The number of carbonyl (C=O) groups is 1. The smallest absolute Gasteiger partial charge is 0.337 e. The molecule has 0 aliphatic carbocycles. The van der Waals surface area contributed by atoms with E-state index in [1.54, 1.807) is 6.92 Å². The van der Waals surface area contributed by atoms with Crippen LogP contribution in [-0.2, 0) is 18.4 Å². The van der Waals surface area contributed by atoms with Gasteiger partial charge in [0.2, 0.25) is 0 Å². The monoisotopic (exact) mass is 330 g/mol. The van der Waals surface area contributed by atoms with Crippen LogP contribution < -0.4 is 0 Å². The molecule has 0 radical (unpaired) electrons. The normalized spacial score (nSPS) is 11.5. The quantitative estimate of drug-likeness (QED) is 0.202. The van der Waals surface area contributed by atoms with E-state index in [0.29, 0.717) is 12.2 Å². The Morgan fingerprint density at radius 2 is 1.50 bits per heavy atom. The van der Waals surface area contributed by atoms with E-state index in [4.69, 9.17) is 13.6 Å². The number of unbranched alkanes of at least 4 members (excludes halogenated alkanes) is 2. The van der Waals surface area contributed by atoms with Crippen LogP contribution in [0.25, 0.3) is 0 Å². The van der Waals surface area contributed by atoms with Gasteiger partial charge < -0.3 is 13.6 Å². The van der Waals surface area contributed by atoms with Gasteiger partial charge in [0.05, 0.1) is 6.61 Å². The van der Waals surface area contributed by atoms with Crippen molar-refractivity contribution in [2.75, 3.05) is 19.8 Å². The summed E-state index contributed by atoms with van der Waals surface area (Å²) >= 11 is 0. The predicted octanol–water partition coefficient (Wildman–Crippen LogP) is 4.59. The van der Waals surface area contributed by atoms with Crippen LogP contribution in [0.4, 0.5) is 0 Å². The zero-order valence-corrected chi connectivity index (χ0v) is 15.9. The SMILES string of the molecule is C=C(C)C(=O)OCCC[Si](CC)(OCCCC)OCCCC. The molecule has 0 heterocycles. The Hall–Kier alpha value is -0.653. The van der Waals surface area contributed by atoms with Crippen molar-refractivity contribution in [1.29, 1.82) is 0 Å². The van der Waals surface area contributed by atoms with Crippen LogP contribution in [0.2, 0.25) is 12.1 Å². The summed E-state index contributed by atoms with van der Waals surface area (Å²) in [6.45, 7) is 13.7. The minimum absolute atomic E-state index is 0.317. The van der Waals surface area contributed by atoms with E-state index in [1.807, 2.05) is 0 Å². The average Bonchev–Trinajstić information content (AvgIpc) is 2.51. The molecule has 0 atom stereocenters. The number of hydrogen-bond donors (Lipinski definition) is 0. The van der Waals surface area contributed by atoms with E-state index >= 15 is 0 Å². The molecule has 0 aromatic rings. The first-order chi connectivity index (χ1) is 10.5. The highest BCUT2D eigenvalue weighted by molar-refractivity contribution is 6.67. The van der Waals surface area contributed by atoms with Gasteiger partial charge >= 0.3 is 14.5 Å². The average molecular weight is 331 g/mol. The fourth-order valence-corrected chi connectivity index (χ4v) is 4.85. The molecule has 22 heavy (non-hydrogen) atoms. The van der Waals surface area contributed by atoms with Gasteiger partial charge in [0.25, 0.3) is 0 Å². The van der Waals surface area contributed by atoms with E-state index in [2.05, 4.69) is 27.4 Å². The predicted molar refractivity (Wildman–Crippen MR) is 93.2 cm³/mol. The van der Waals surface area contributed by atoms with Crippen molar-refractivity contribution in [2.45, 2.75) is 71.9 Å². The molecular weight excluding hydrogens is 296 g/mol. The lowest BCUT2D eigenvalue weighted by atomic mass is 10.4. The topological polar surface area (TPSA) is 44.8 Å². The van der Waals surface area contributed by atoms with Crippen LogP contribution in [0.5, 0.6) is 0 Å². The fourth-order valence-electron chi connectivity index (χ4n) is 2.00. The molecule has 130 valence electrons. The molecule has 0 rings (SSSR count). The molecule has 0 aliphatic rings. The lowest BCUT2D eigenvalue weighted by molar-refractivity contribution is -0.138. The summed E-state index contributed by atoms with van der Waals surface area (Å²) in [6.07, 6.45) is 5.17. The highest BCUT2D eigenvalue weighted by atomic mass is 28.4. The van der Waals surface area contributed by atoms with Crippen molar-refractivity contribution in [3.63, 3.8) is 0 Å². The molecule has 0 bridgehead atoms. The van der Waals surface area contributed by atoms with E-state index < -0.39 is 8.56 Å². The Kier molecular flexibility index (Phi) is 12.5. The van der Waals surface area contributed by atoms with E-state index in [1.165, 1.54) is 0 Å². The summed E-state index contributed by atoms with van der Waals surface area (Å²) in [7, 11) is -2.16. The van der Waals surface area contributed by atoms with E-state index in [9.17, 15) is 4.79 Å². The van der Waals surface area contributed by atoms with Crippen LogP contribution in [0.3, 0.4) is 0 Å². The summed E-state index contributed by atoms with van der Waals surface area (Å²) in [5.41, 5.74) is 0.442. The first-order valence-corrected chi connectivity index (χ1v) is 10.8.